The van der Waals surface area contributed by atoms with E-state index < -0.39 is 0 Å². The highest BCUT2D eigenvalue weighted by molar-refractivity contribution is 5.64. The zero-order chi connectivity index (χ0) is 15.2. The lowest BCUT2D eigenvalue weighted by Crippen LogP contribution is -1.91. The molecule has 0 radical (unpaired) electrons. The van der Waals surface area contributed by atoms with Crippen molar-refractivity contribution in [1.82, 2.24) is 0 Å². The van der Waals surface area contributed by atoms with Crippen LogP contribution in [-0.2, 0) is 19.3 Å². The fourth-order valence-electron chi connectivity index (χ4n) is 2.73. The Morgan fingerprint density at radius 2 is 0.955 bits per heavy atom. The third-order valence-corrected chi connectivity index (χ3v) is 4.19. The Balaban J connectivity index is 1.67. The molecule has 0 N–H and O–H groups in total. The lowest BCUT2D eigenvalue weighted by Gasteiger charge is -2.06. The van der Waals surface area contributed by atoms with Gasteiger partial charge in [-0.25, -0.2) is 0 Å². The van der Waals surface area contributed by atoms with E-state index in [4.69, 9.17) is 0 Å². The molecule has 3 aromatic rings. The monoisotopic (exact) mass is 286 g/mol. The zero-order valence-electron chi connectivity index (χ0n) is 13.1. The second-order valence-electron chi connectivity index (χ2n) is 5.73. The summed E-state index contributed by atoms with van der Waals surface area (Å²) in [6.07, 6.45) is 3.29. The van der Waals surface area contributed by atoms with E-state index in [1.165, 1.54) is 27.8 Å². The van der Waals surface area contributed by atoms with Crippen molar-refractivity contribution in [3.8, 4) is 11.1 Å². The molecule has 0 bridgehead atoms. The molecular formula is C22H22. The van der Waals surface area contributed by atoms with Crippen molar-refractivity contribution in [2.75, 3.05) is 0 Å². The predicted octanol–water partition coefficient (Wildman–Crippen LogP) is 5.70. The SMILES string of the molecule is CCc1ccc(-c2ccc(CCc3ccccc3)cc2)cc1. The van der Waals surface area contributed by atoms with Crippen LogP contribution in [0.15, 0.2) is 78.9 Å². The standard InChI is InChI=1S/C22H22/c1-2-18-10-14-21(15-11-18)22-16-12-20(13-17-22)9-8-19-6-4-3-5-7-19/h3-7,10-17H,2,8-9H2,1H3. The normalized spacial score (nSPS) is 10.6. The number of rotatable bonds is 5. The summed E-state index contributed by atoms with van der Waals surface area (Å²) in [5.74, 6) is 0. The molecule has 110 valence electrons. The highest BCUT2D eigenvalue weighted by Gasteiger charge is 1.99. The van der Waals surface area contributed by atoms with E-state index in [2.05, 4.69) is 85.8 Å². The molecule has 0 aliphatic carbocycles. The number of benzene rings is 3. The van der Waals surface area contributed by atoms with Crippen LogP contribution in [-0.4, -0.2) is 0 Å². The number of hydrogen-bond acceptors (Lipinski definition) is 0. The molecule has 3 rings (SSSR count). The van der Waals surface area contributed by atoms with Gasteiger partial charge in [-0.1, -0.05) is 85.8 Å². The Morgan fingerprint density at radius 1 is 0.500 bits per heavy atom. The van der Waals surface area contributed by atoms with Gasteiger partial charge in [-0.05, 0) is 47.1 Å². The van der Waals surface area contributed by atoms with Crippen LogP contribution >= 0.6 is 0 Å². The second-order valence-corrected chi connectivity index (χ2v) is 5.73. The molecule has 0 unspecified atom stereocenters. The minimum absolute atomic E-state index is 1.10. The first-order chi connectivity index (χ1) is 10.8. The van der Waals surface area contributed by atoms with Crippen LogP contribution in [0.4, 0.5) is 0 Å². The first-order valence-corrected chi connectivity index (χ1v) is 8.07. The van der Waals surface area contributed by atoms with Gasteiger partial charge >= 0.3 is 0 Å². The van der Waals surface area contributed by atoms with Gasteiger partial charge in [0, 0.05) is 0 Å². The average molecular weight is 286 g/mol. The molecule has 22 heavy (non-hydrogen) atoms. The number of hydrogen-bond donors (Lipinski definition) is 0. The number of aryl methyl sites for hydroxylation is 3. The fourth-order valence-corrected chi connectivity index (χ4v) is 2.73. The van der Waals surface area contributed by atoms with E-state index in [1.807, 2.05) is 0 Å². The quantitative estimate of drug-likeness (QED) is 0.564. The molecule has 0 aliphatic heterocycles. The van der Waals surface area contributed by atoms with E-state index in [0.29, 0.717) is 0 Å². The maximum absolute atomic E-state index is 2.26. The minimum atomic E-state index is 1.10. The molecule has 3 aromatic carbocycles. The molecular weight excluding hydrogens is 264 g/mol. The first-order valence-electron chi connectivity index (χ1n) is 8.07. The van der Waals surface area contributed by atoms with Crippen molar-refractivity contribution in [2.24, 2.45) is 0 Å². The van der Waals surface area contributed by atoms with E-state index in [0.717, 1.165) is 19.3 Å². The minimum Gasteiger partial charge on any atom is -0.0622 e. The summed E-state index contributed by atoms with van der Waals surface area (Å²) < 4.78 is 0. The summed E-state index contributed by atoms with van der Waals surface area (Å²) in [5.41, 5.74) is 6.79. The van der Waals surface area contributed by atoms with Crippen molar-refractivity contribution in [2.45, 2.75) is 26.2 Å². The van der Waals surface area contributed by atoms with Gasteiger partial charge in [0.15, 0.2) is 0 Å². The van der Waals surface area contributed by atoms with Crippen LogP contribution in [0.25, 0.3) is 11.1 Å². The molecule has 0 fully saturated rings. The molecule has 0 heterocycles. The molecule has 0 aromatic heterocycles. The highest BCUT2D eigenvalue weighted by Crippen LogP contribution is 2.21. The molecule has 0 nitrogen and oxygen atoms in total. The molecule has 0 atom stereocenters. The van der Waals surface area contributed by atoms with Gasteiger partial charge < -0.3 is 0 Å². The molecule has 0 saturated carbocycles. The first kappa shape index (κ1) is 14.6. The van der Waals surface area contributed by atoms with Crippen molar-refractivity contribution in [3.63, 3.8) is 0 Å². The lowest BCUT2D eigenvalue weighted by atomic mass is 9.99. The molecule has 0 spiro atoms. The third kappa shape index (κ3) is 3.65. The van der Waals surface area contributed by atoms with Crippen LogP contribution < -0.4 is 0 Å². The Labute approximate surface area is 133 Å². The van der Waals surface area contributed by atoms with Crippen molar-refractivity contribution in [1.29, 1.82) is 0 Å². The van der Waals surface area contributed by atoms with Gasteiger partial charge in [0.25, 0.3) is 0 Å². The summed E-state index contributed by atoms with van der Waals surface area (Å²) >= 11 is 0. The van der Waals surface area contributed by atoms with Gasteiger partial charge in [0.1, 0.15) is 0 Å². The smallest absolute Gasteiger partial charge is 0.0184 e. The largest absolute Gasteiger partial charge is 0.0622 e. The summed E-state index contributed by atoms with van der Waals surface area (Å²) in [4.78, 5) is 0. The van der Waals surface area contributed by atoms with Crippen molar-refractivity contribution >= 4 is 0 Å². The van der Waals surface area contributed by atoms with Gasteiger partial charge in [0.05, 0.1) is 0 Å². The third-order valence-electron chi connectivity index (χ3n) is 4.19. The van der Waals surface area contributed by atoms with E-state index >= 15 is 0 Å². The van der Waals surface area contributed by atoms with E-state index in [9.17, 15) is 0 Å². The van der Waals surface area contributed by atoms with Crippen molar-refractivity contribution in [3.05, 3.63) is 95.6 Å². The van der Waals surface area contributed by atoms with Crippen LogP contribution in [0.2, 0.25) is 0 Å². The van der Waals surface area contributed by atoms with Crippen LogP contribution in [0.1, 0.15) is 23.6 Å². The Kier molecular flexibility index (Phi) is 4.70. The topological polar surface area (TPSA) is 0 Å². The Hall–Kier alpha value is -2.34. The van der Waals surface area contributed by atoms with Crippen molar-refractivity contribution < 1.29 is 0 Å². The lowest BCUT2D eigenvalue weighted by molar-refractivity contribution is 0.960. The fraction of sp³-hybridized carbons (Fsp3) is 0.182. The maximum Gasteiger partial charge on any atom is -0.0184 e. The van der Waals surface area contributed by atoms with Crippen LogP contribution in [0.3, 0.4) is 0 Å². The average Bonchev–Trinajstić information content (AvgIpc) is 2.61. The van der Waals surface area contributed by atoms with Gasteiger partial charge in [-0.15, -0.1) is 0 Å². The summed E-state index contributed by atoms with van der Waals surface area (Å²) in [5, 5.41) is 0. The summed E-state index contributed by atoms with van der Waals surface area (Å²) in [6.45, 7) is 2.19. The second kappa shape index (κ2) is 7.09. The summed E-state index contributed by atoms with van der Waals surface area (Å²) in [6, 6.07) is 28.6. The Morgan fingerprint density at radius 3 is 1.45 bits per heavy atom. The Bertz CT molecular complexity index is 691. The predicted molar refractivity (Wildman–Crippen MR) is 95.1 cm³/mol. The maximum atomic E-state index is 2.26. The van der Waals surface area contributed by atoms with E-state index in [1.54, 1.807) is 0 Å². The van der Waals surface area contributed by atoms with Gasteiger partial charge in [-0.3, -0.25) is 0 Å². The van der Waals surface area contributed by atoms with Crippen LogP contribution in [0, 0.1) is 0 Å². The van der Waals surface area contributed by atoms with E-state index in [-0.39, 0.29) is 0 Å². The van der Waals surface area contributed by atoms with Crippen LogP contribution in [0.5, 0.6) is 0 Å². The van der Waals surface area contributed by atoms with Gasteiger partial charge in [0.2, 0.25) is 0 Å². The molecule has 0 amide bonds. The molecule has 0 heteroatoms. The molecule has 0 aliphatic rings. The molecule has 0 saturated heterocycles. The van der Waals surface area contributed by atoms with Gasteiger partial charge in [-0.2, -0.15) is 0 Å². The highest BCUT2D eigenvalue weighted by atomic mass is 14.0. The summed E-state index contributed by atoms with van der Waals surface area (Å²) in [7, 11) is 0. The zero-order valence-corrected chi connectivity index (χ0v) is 13.1.